The molecule has 110 valence electrons. The maximum Gasteiger partial charge on any atom is 0.434 e. The van der Waals surface area contributed by atoms with Gasteiger partial charge in [-0.15, -0.1) is 23.7 Å². The molecule has 0 amide bonds. The van der Waals surface area contributed by atoms with Crippen molar-refractivity contribution < 1.29 is 13.2 Å². The van der Waals surface area contributed by atoms with E-state index in [2.05, 4.69) is 4.98 Å². The minimum atomic E-state index is -4.36. The summed E-state index contributed by atoms with van der Waals surface area (Å²) in [6.45, 7) is 3.23. The Kier molecular flexibility index (Phi) is 5.61. The van der Waals surface area contributed by atoms with Gasteiger partial charge in [0.2, 0.25) is 0 Å². The van der Waals surface area contributed by atoms with E-state index in [-0.39, 0.29) is 18.4 Å². The zero-order valence-electron chi connectivity index (χ0n) is 10.5. The molecule has 2 N–H and O–H groups in total. The number of likely N-dealkylation sites (tertiary alicyclic amines) is 1. The van der Waals surface area contributed by atoms with Gasteiger partial charge in [0.05, 0.1) is 9.88 Å². The molecule has 8 heteroatoms. The Morgan fingerprint density at radius 3 is 2.74 bits per heavy atom. The molecule has 0 radical (unpaired) electrons. The van der Waals surface area contributed by atoms with Gasteiger partial charge in [0.15, 0.2) is 5.69 Å². The highest BCUT2D eigenvalue weighted by Gasteiger charge is 2.38. The lowest BCUT2D eigenvalue weighted by molar-refractivity contribution is -0.141. The molecule has 1 atom stereocenters. The molecule has 1 aliphatic rings. The van der Waals surface area contributed by atoms with Crippen molar-refractivity contribution in [3.8, 4) is 0 Å². The molecule has 1 aromatic heterocycles. The molecular formula is C11H17ClF3N3S. The van der Waals surface area contributed by atoms with Gasteiger partial charge in [0.25, 0.3) is 0 Å². The maximum atomic E-state index is 12.8. The van der Waals surface area contributed by atoms with Gasteiger partial charge in [-0.25, -0.2) is 4.98 Å². The van der Waals surface area contributed by atoms with E-state index in [4.69, 9.17) is 5.73 Å². The zero-order chi connectivity index (χ0) is 13.3. The van der Waals surface area contributed by atoms with E-state index in [9.17, 15) is 13.2 Å². The summed E-state index contributed by atoms with van der Waals surface area (Å²) in [6, 6.07) is 0.202. The number of hydrogen-bond acceptors (Lipinski definition) is 4. The fourth-order valence-electron chi connectivity index (χ4n) is 2.35. The number of alkyl halides is 3. The van der Waals surface area contributed by atoms with Crippen molar-refractivity contribution in [2.24, 2.45) is 5.73 Å². The minimum absolute atomic E-state index is 0. The Bertz CT molecular complexity index is 422. The van der Waals surface area contributed by atoms with Gasteiger partial charge in [-0.3, -0.25) is 4.90 Å². The molecule has 0 aromatic carbocycles. The maximum absolute atomic E-state index is 12.8. The van der Waals surface area contributed by atoms with E-state index in [0.717, 1.165) is 30.7 Å². The van der Waals surface area contributed by atoms with Gasteiger partial charge < -0.3 is 5.73 Å². The topological polar surface area (TPSA) is 42.2 Å². The normalized spacial score (nSPS) is 20.6. The summed E-state index contributed by atoms with van der Waals surface area (Å²) in [5.41, 5.74) is 4.90. The third-order valence-corrected chi connectivity index (χ3v) is 4.15. The van der Waals surface area contributed by atoms with Crippen LogP contribution in [-0.2, 0) is 12.7 Å². The first-order valence-electron chi connectivity index (χ1n) is 5.89. The molecule has 1 saturated heterocycles. The van der Waals surface area contributed by atoms with Gasteiger partial charge in [-0.05, 0) is 26.3 Å². The molecule has 3 nitrogen and oxygen atoms in total. The van der Waals surface area contributed by atoms with Gasteiger partial charge in [-0.2, -0.15) is 13.2 Å². The van der Waals surface area contributed by atoms with Gasteiger partial charge in [0, 0.05) is 19.1 Å². The Morgan fingerprint density at radius 2 is 2.16 bits per heavy atom. The standard InChI is InChI=1S/C11H16F3N3S.ClH/c1-7-16-10(11(12,13)14)9(18-7)6-17-4-2-3-8(17)5-15;/h8H,2-6,15H2,1H3;1H. The zero-order valence-corrected chi connectivity index (χ0v) is 12.2. The fourth-order valence-corrected chi connectivity index (χ4v) is 3.33. The monoisotopic (exact) mass is 315 g/mol. The number of hydrogen-bond donors (Lipinski definition) is 1. The summed E-state index contributed by atoms with van der Waals surface area (Å²) in [5.74, 6) is 0. The highest BCUT2D eigenvalue weighted by Crippen LogP contribution is 2.35. The molecular weight excluding hydrogens is 299 g/mol. The van der Waals surface area contributed by atoms with Crippen LogP contribution in [0.25, 0.3) is 0 Å². The lowest BCUT2D eigenvalue weighted by Crippen LogP contribution is -2.35. The van der Waals surface area contributed by atoms with Crippen LogP contribution < -0.4 is 5.73 Å². The van der Waals surface area contributed by atoms with Gasteiger partial charge in [-0.1, -0.05) is 0 Å². The highest BCUT2D eigenvalue weighted by molar-refractivity contribution is 7.11. The Labute approximate surface area is 120 Å². The molecule has 0 saturated carbocycles. The van der Waals surface area contributed by atoms with Crippen LogP contribution in [0.15, 0.2) is 0 Å². The summed E-state index contributed by atoms with van der Waals surface area (Å²) >= 11 is 1.13. The lowest BCUT2D eigenvalue weighted by atomic mass is 10.2. The molecule has 0 spiro atoms. The quantitative estimate of drug-likeness (QED) is 0.932. The van der Waals surface area contributed by atoms with E-state index < -0.39 is 11.9 Å². The van der Waals surface area contributed by atoms with Crippen LogP contribution >= 0.6 is 23.7 Å². The van der Waals surface area contributed by atoms with E-state index in [1.165, 1.54) is 0 Å². The SMILES string of the molecule is Cc1nc(C(F)(F)F)c(CN2CCCC2CN)s1.Cl. The average Bonchev–Trinajstić information content (AvgIpc) is 2.84. The second kappa shape index (κ2) is 6.39. The second-order valence-electron chi connectivity index (χ2n) is 4.50. The third-order valence-electron chi connectivity index (χ3n) is 3.19. The number of thiazole rings is 1. The average molecular weight is 316 g/mol. The summed E-state index contributed by atoms with van der Waals surface area (Å²) < 4.78 is 38.4. The predicted molar refractivity (Wildman–Crippen MR) is 71.6 cm³/mol. The van der Waals surface area contributed by atoms with Crippen LogP contribution in [0.3, 0.4) is 0 Å². The van der Waals surface area contributed by atoms with Crippen LogP contribution in [0.4, 0.5) is 13.2 Å². The van der Waals surface area contributed by atoms with E-state index >= 15 is 0 Å². The summed E-state index contributed by atoms with van der Waals surface area (Å²) in [6.07, 6.45) is -2.39. The van der Waals surface area contributed by atoms with E-state index in [0.29, 0.717) is 23.0 Å². The molecule has 2 rings (SSSR count). The number of nitrogens with zero attached hydrogens (tertiary/aromatic N) is 2. The third kappa shape index (κ3) is 3.81. The molecule has 1 aromatic rings. The van der Waals surface area contributed by atoms with Crippen molar-refractivity contribution in [2.75, 3.05) is 13.1 Å². The first kappa shape index (κ1) is 16.7. The molecule has 2 heterocycles. The molecule has 1 fully saturated rings. The molecule has 19 heavy (non-hydrogen) atoms. The molecule has 1 unspecified atom stereocenters. The lowest BCUT2D eigenvalue weighted by Gasteiger charge is -2.22. The molecule has 0 bridgehead atoms. The number of nitrogens with two attached hydrogens (primary N) is 1. The van der Waals surface area contributed by atoms with Gasteiger partial charge >= 0.3 is 6.18 Å². The van der Waals surface area contributed by atoms with E-state index in [1.807, 2.05) is 4.90 Å². The number of halogens is 4. The summed E-state index contributed by atoms with van der Waals surface area (Å²) in [7, 11) is 0. The smallest absolute Gasteiger partial charge is 0.329 e. The van der Waals surface area contributed by atoms with Crippen molar-refractivity contribution in [1.29, 1.82) is 0 Å². The molecule has 1 aliphatic heterocycles. The first-order valence-corrected chi connectivity index (χ1v) is 6.71. The van der Waals surface area contributed by atoms with Crippen LogP contribution in [0.2, 0.25) is 0 Å². The van der Waals surface area contributed by atoms with Crippen molar-refractivity contribution >= 4 is 23.7 Å². The number of aromatic nitrogens is 1. The summed E-state index contributed by atoms with van der Waals surface area (Å²) in [4.78, 5) is 5.95. The van der Waals surface area contributed by atoms with Crippen molar-refractivity contribution in [2.45, 2.75) is 38.5 Å². The minimum Gasteiger partial charge on any atom is -0.329 e. The number of rotatable bonds is 3. The molecule has 0 aliphatic carbocycles. The predicted octanol–water partition coefficient (Wildman–Crippen LogP) is 2.82. The van der Waals surface area contributed by atoms with Crippen molar-refractivity contribution in [3.63, 3.8) is 0 Å². The Balaban J connectivity index is 0.00000180. The van der Waals surface area contributed by atoms with Crippen LogP contribution in [0.1, 0.15) is 28.4 Å². The largest absolute Gasteiger partial charge is 0.434 e. The fraction of sp³-hybridized carbons (Fsp3) is 0.727. The van der Waals surface area contributed by atoms with Gasteiger partial charge in [0.1, 0.15) is 0 Å². The van der Waals surface area contributed by atoms with Crippen molar-refractivity contribution in [1.82, 2.24) is 9.88 Å². The van der Waals surface area contributed by atoms with Crippen LogP contribution in [0, 0.1) is 6.92 Å². The highest BCUT2D eigenvalue weighted by atomic mass is 35.5. The number of aryl methyl sites for hydroxylation is 1. The second-order valence-corrected chi connectivity index (χ2v) is 5.79. The first-order chi connectivity index (χ1) is 8.41. The van der Waals surface area contributed by atoms with Crippen molar-refractivity contribution in [3.05, 3.63) is 15.6 Å². The van der Waals surface area contributed by atoms with Crippen LogP contribution in [-0.4, -0.2) is 29.0 Å². The Hall–Kier alpha value is -0.370. The Morgan fingerprint density at radius 1 is 1.47 bits per heavy atom. The summed E-state index contributed by atoms with van der Waals surface area (Å²) in [5, 5.41) is 0.459. The van der Waals surface area contributed by atoms with Crippen LogP contribution in [0.5, 0.6) is 0 Å². The van der Waals surface area contributed by atoms with E-state index in [1.54, 1.807) is 6.92 Å².